The molecule has 27 heavy (non-hydrogen) atoms. The molecule has 4 rings (SSSR count). The van der Waals surface area contributed by atoms with Crippen LogP contribution in [0.15, 0.2) is 101 Å². The Kier molecular flexibility index (Phi) is 4.75. The predicted molar refractivity (Wildman–Crippen MR) is 116 cm³/mol. The minimum Gasteiger partial charge on any atom is -0.457 e. The number of ether oxygens (including phenoxy) is 1. The number of rotatable bonds is 3. The van der Waals surface area contributed by atoms with Gasteiger partial charge in [-0.2, -0.15) is 0 Å². The maximum Gasteiger partial charge on any atom is 0.132 e. The summed E-state index contributed by atoms with van der Waals surface area (Å²) in [4.78, 5) is 0. The highest BCUT2D eigenvalue weighted by Crippen LogP contribution is 2.55. The van der Waals surface area contributed by atoms with E-state index in [0.717, 1.165) is 16.0 Å². The predicted octanol–water partition coefficient (Wildman–Crippen LogP) is 7.41. The van der Waals surface area contributed by atoms with Gasteiger partial charge in [0.15, 0.2) is 0 Å². The van der Waals surface area contributed by atoms with E-state index in [-0.39, 0.29) is 0 Å². The highest BCUT2D eigenvalue weighted by atomic mass is 79.9. The molecule has 0 aliphatic carbocycles. The summed E-state index contributed by atoms with van der Waals surface area (Å²) in [6.45, 7) is 4.25. The van der Waals surface area contributed by atoms with E-state index < -0.39 is 5.41 Å². The van der Waals surface area contributed by atoms with Crippen molar-refractivity contribution in [2.45, 2.75) is 19.3 Å². The fourth-order valence-electron chi connectivity index (χ4n) is 4.02. The third kappa shape index (κ3) is 2.85. The van der Waals surface area contributed by atoms with Crippen molar-refractivity contribution < 1.29 is 4.74 Å². The van der Waals surface area contributed by atoms with E-state index >= 15 is 0 Å². The van der Waals surface area contributed by atoms with Gasteiger partial charge in [0.25, 0.3) is 0 Å². The molecule has 0 N–H and O–H groups in total. The van der Waals surface area contributed by atoms with Crippen molar-refractivity contribution in [2.24, 2.45) is 0 Å². The minimum absolute atomic E-state index is 0.397. The second-order valence-electron chi connectivity index (χ2n) is 6.73. The van der Waals surface area contributed by atoms with Crippen LogP contribution in [0.25, 0.3) is 0 Å². The van der Waals surface area contributed by atoms with E-state index in [4.69, 9.17) is 4.74 Å². The average molecular weight is 417 g/mol. The molecule has 0 spiro atoms. The largest absolute Gasteiger partial charge is 0.457 e. The topological polar surface area (TPSA) is 9.23 Å². The first kappa shape index (κ1) is 17.8. The fourth-order valence-corrected chi connectivity index (χ4v) is 4.29. The maximum atomic E-state index is 6.28. The van der Waals surface area contributed by atoms with Gasteiger partial charge in [-0.25, -0.2) is 0 Å². The second-order valence-corrected chi connectivity index (χ2v) is 7.64. The van der Waals surface area contributed by atoms with E-state index in [9.17, 15) is 0 Å². The standard InChI is InChI=1S/C25H21BrO/c1-3-4-9-18(2)25(19-14-16-20(26)17-15-19)21-10-5-7-12-23(21)27-24-13-8-6-11-22(24)25/h3-17H,1-2H3/b4-3-,18-9+. The van der Waals surface area contributed by atoms with Gasteiger partial charge in [0, 0.05) is 15.6 Å². The van der Waals surface area contributed by atoms with Crippen LogP contribution in [0.1, 0.15) is 30.5 Å². The molecule has 0 aromatic heterocycles. The van der Waals surface area contributed by atoms with E-state index in [1.165, 1.54) is 22.3 Å². The van der Waals surface area contributed by atoms with Crippen molar-refractivity contribution in [3.05, 3.63) is 118 Å². The summed E-state index contributed by atoms with van der Waals surface area (Å²) in [6, 6.07) is 25.4. The molecule has 1 aliphatic rings. The zero-order valence-electron chi connectivity index (χ0n) is 15.4. The number of para-hydroxylation sites is 2. The van der Waals surface area contributed by atoms with Crippen molar-refractivity contribution in [1.29, 1.82) is 0 Å². The lowest BCUT2D eigenvalue weighted by molar-refractivity contribution is 0.432. The van der Waals surface area contributed by atoms with Crippen LogP contribution in [0.3, 0.4) is 0 Å². The van der Waals surface area contributed by atoms with Crippen molar-refractivity contribution in [2.75, 3.05) is 0 Å². The van der Waals surface area contributed by atoms with Crippen LogP contribution in [0.4, 0.5) is 0 Å². The molecule has 0 amide bonds. The van der Waals surface area contributed by atoms with Gasteiger partial charge >= 0.3 is 0 Å². The molecule has 0 atom stereocenters. The van der Waals surface area contributed by atoms with Crippen molar-refractivity contribution in [1.82, 2.24) is 0 Å². The Balaban J connectivity index is 2.14. The van der Waals surface area contributed by atoms with Gasteiger partial charge < -0.3 is 4.74 Å². The molecular formula is C25H21BrO. The van der Waals surface area contributed by atoms with Crippen LogP contribution in [0, 0.1) is 0 Å². The van der Waals surface area contributed by atoms with Crippen molar-refractivity contribution in [3.63, 3.8) is 0 Å². The van der Waals surface area contributed by atoms with Crippen LogP contribution >= 0.6 is 15.9 Å². The smallest absolute Gasteiger partial charge is 0.132 e. The number of hydrogen-bond acceptors (Lipinski definition) is 1. The SMILES string of the molecule is C/C=C\C=C(/C)C1(c2ccc(Br)cc2)c2ccccc2Oc2ccccc21. The van der Waals surface area contributed by atoms with Crippen LogP contribution in [0.5, 0.6) is 11.5 Å². The van der Waals surface area contributed by atoms with Gasteiger partial charge in [0.2, 0.25) is 0 Å². The molecule has 0 radical (unpaired) electrons. The van der Waals surface area contributed by atoms with Gasteiger partial charge in [-0.15, -0.1) is 0 Å². The Hall–Kier alpha value is -2.58. The molecular weight excluding hydrogens is 396 g/mol. The van der Waals surface area contributed by atoms with E-state index in [1.807, 2.05) is 19.1 Å². The van der Waals surface area contributed by atoms with Gasteiger partial charge in [0.05, 0.1) is 5.41 Å². The summed E-state index contributed by atoms with van der Waals surface area (Å²) in [5.41, 5.74) is 4.43. The maximum absolute atomic E-state index is 6.28. The van der Waals surface area contributed by atoms with E-state index in [0.29, 0.717) is 0 Å². The second kappa shape index (κ2) is 7.21. The Morgan fingerprint density at radius 1 is 0.852 bits per heavy atom. The highest BCUT2D eigenvalue weighted by Gasteiger charge is 2.44. The minimum atomic E-state index is -0.397. The molecule has 1 aliphatic heterocycles. The first-order chi connectivity index (χ1) is 13.2. The summed E-state index contributed by atoms with van der Waals surface area (Å²) < 4.78 is 7.35. The molecule has 0 saturated carbocycles. The van der Waals surface area contributed by atoms with Gasteiger partial charge in [-0.05, 0) is 43.7 Å². The first-order valence-corrected chi connectivity index (χ1v) is 9.90. The van der Waals surface area contributed by atoms with Gasteiger partial charge in [-0.3, -0.25) is 0 Å². The van der Waals surface area contributed by atoms with E-state index in [1.54, 1.807) is 0 Å². The highest BCUT2D eigenvalue weighted by molar-refractivity contribution is 9.10. The number of benzene rings is 3. The van der Waals surface area contributed by atoms with E-state index in [2.05, 4.69) is 102 Å². The Labute approximate surface area is 169 Å². The molecule has 0 fully saturated rings. The third-order valence-corrected chi connectivity index (χ3v) is 5.74. The number of fused-ring (bicyclic) bond motifs is 2. The first-order valence-electron chi connectivity index (χ1n) is 9.11. The normalized spacial score (nSPS) is 15.1. The molecule has 0 bridgehead atoms. The summed E-state index contributed by atoms with van der Waals surface area (Å²) in [7, 11) is 0. The van der Waals surface area contributed by atoms with Crippen LogP contribution in [-0.4, -0.2) is 0 Å². The monoisotopic (exact) mass is 416 g/mol. The lowest BCUT2D eigenvalue weighted by Gasteiger charge is -2.42. The number of halogens is 1. The van der Waals surface area contributed by atoms with Crippen LogP contribution < -0.4 is 4.74 Å². The summed E-state index contributed by atoms with van der Waals surface area (Å²) >= 11 is 3.58. The molecule has 1 nitrogen and oxygen atoms in total. The molecule has 2 heteroatoms. The molecule has 3 aromatic carbocycles. The Morgan fingerprint density at radius 3 is 1.96 bits per heavy atom. The molecule has 3 aromatic rings. The zero-order chi connectivity index (χ0) is 18.9. The quantitative estimate of drug-likeness (QED) is 0.403. The lowest BCUT2D eigenvalue weighted by atomic mass is 9.63. The third-order valence-electron chi connectivity index (χ3n) is 5.21. The van der Waals surface area contributed by atoms with Gasteiger partial charge in [0.1, 0.15) is 11.5 Å². The number of hydrogen-bond donors (Lipinski definition) is 0. The Bertz CT molecular complexity index is 983. The summed E-state index contributed by atoms with van der Waals surface area (Å²) in [6.07, 6.45) is 6.38. The zero-order valence-corrected chi connectivity index (χ0v) is 17.0. The number of allylic oxidation sites excluding steroid dienone is 4. The van der Waals surface area contributed by atoms with Gasteiger partial charge in [-0.1, -0.05) is 88.3 Å². The summed E-state index contributed by atoms with van der Waals surface area (Å²) in [5.74, 6) is 1.82. The molecule has 0 unspecified atom stereocenters. The fraction of sp³-hybridized carbons (Fsp3) is 0.120. The lowest BCUT2D eigenvalue weighted by Crippen LogP contribution is -2.34. The average Bonchev–Trinajstić information content (AvgIpc) is 2.71. The molecule has 134 valence electrons. The molecule has 0 saturated heterocycles. The molecule has 1 heterocycles. The van der Waals surface area contributed by atoms with Crippen LogP contribution in [-0.2, 0) is 5.41 Å². The van der Waals surface area contributed by atoms with Crippen LogP contribution in [0.2, 0.25) is 0 Å². The van der Waals surface area contributed by atoms with Crippen molar-refractivity contribution >= 4 is 15.9 Å². The Morgan fingerprint density at radius 2 is 1.41 bits per heavy atom. The summed E-state index contributed by atoms with van der Waals surface area (Å²) in [5, 5.41) is 0. The van der Waals surface area contributed by atoms with Crippen molar-refractivity contribution in [3.8, 4) is 11.5 Å².